The van der Waals surface area contributed by atoms with Crippen LogP contribution in [-0.2, 0) is 4.74 Å². The smallest absolute Gasteiger partial charge is 0.341 e. The van der Waals surface area contributed by atoms with Gasteiger partial charge in [-0.1, -0.05) is 29.8 Å². The molecule has 7 nitrogen and oxygen atoms in total. The van der Waals surface area contributed by atoms with Crippen molar-refractivity contribution in [3.8, 4) is 11.1 Å². The predicted octanol–water partition coefficient (Wildman–Crippen LogP) is 5.72. The molecule has 34 heavy (non-hydrogen) atoms. The highest BCUT2D eigenvalue weighted by molar-refractivity contribution is 7.20. The Kier molecular flexibility index (Phi) is 5.91. The quantitative estimate of drug-likeness (QED) is 0.306. The van der Waals surface area contributed by atoms with Crippen molar-refractivity contribution in [1.82, 2.24) is 9.38 Å². The molecule has 0 saturated heterocycles. The number of nitrogens with zero attached hydrogens (tertiary/aromatic N) is 2. The summed E-state index contributed by atoms with van der Waals surface area (Å²) in [6, 6.07) is 13.9. The molecule has 4 aromatic heterocycles. The Balaban J connectivity index is 1.53. The van der Waals surface area contributed by atoms with E-state index < -0.39 is 11.9 Å². The van der Waals surface area contributed by atoms with Crippen LogP contribution in [0.2, 0.25) is 5.02 Å². The third-order valence-corrected chi connectivity index (χ3v) is 7.27. The van der Waals surface area contributed by atoms with Crippen molar-refractivity contribution in [2.24, 2.45) is 0 Å². The summed E-state index contributed by atoms with van der Waals surface area (Å²) in [5.74, 6) is -0.974. The van der Waals surface area contributed by atoms with Crippen molar-refractivity contribution in [2.45, 2.75) is 6.92 Å². The number of carbonyl (C=O) groups excluding carboxylic acids is 2. The molecule has 4 heterocycles. The molecule has 0 atom stereocenters. The summed E-state index contributed by atoms with van der Waals surface area (Å²) >= 11 is 8.34. The fraction of sp³-hybridized carbons (Fsp3) is 0.0833. The van der Waals surface area contributed by atoms with Gasteiger partial charge in [0.15, 0.2) is 0 Å². The van der Waals surface area contributed by atoms with Gasteiger partial charge < -0.3 is 10.1 Å². The first-order valence-electron chi connectivity index (χ1n) is 10.2. The zero-order valence-electron chi connectivity index (χ0n) is 17.7. The number of benzene rings is 1. The van der Waals surface area contributed by atoms with Gasteiger partial charge in [0.1, 0.15) is 21.0 Å². The van der Waals surface area contributed by atoms with Gasteiger partial charge in [0, 0.05) is 22.2 Å². The number of amides is 1. The van der Waals surface area contributed by atoms with E-state index in [9.17, 15) is 14.4 Å². The lowest BCUT2D eigenvalue weighted by molar-refractivity contribution is 0.0529. The van der Waals surface area contributed by atoms with E-state index in [1.54, 1.807) is 61.0 Å². The van der Waals surface area contributed by atoms with Crippen LogP contribution in [0.4, 0.5) is 5.00 Å². The molecule has 0 bridgehead atoms. The maximum Gasteiger partial charge on any atom is 0.341 e. The lowest BCUT2D eigenvalue weighted by Crippen LogP contribution is -2.14. The number of halogens is 1. The molecule has 1 N–H and O–H groups in total. The zero-order chi connectivity index (χ0) is 23.8. The third kappa shape index (κ3) is 3.98. The number of pyridine rings is 1. The van der Waals surface area contributed by atoms with Gasteiger partial charge in [0.25, 0.3) is 11.5 Å². The molecule has 1 amide bonds. The van der Waals surface area contributed by atoms with Gasteiger partial charge in [-0.3, -0.25) is 14.0 Å². The molecule has 170 valence electrons. The number of aromatic nitrogens is 2. The first-order chi connectivity index (χ1) is 16.5. The van der Waals surface area contributed by atoms with Crippen LogP contribution in [0, 0.1) is 0 Å². The van der Waals surface area contributed by atoms with E-state index in [1.165, 1.54) is 21.8 Å². The molecule has 0 unspecified atom stereocenters. The van der Waals surface area contributed by atoms with Crippen LogP contribution in [0.3, 0.4) is 0 Å². The second-order valence-electron chi connectivity index (χ2n) is 7.21. The lowest BCUT2D eigenvalue weighted by Gasteiger charge is -2.08. The van der Waals surface area contributed by atoms with E-state index in [4.69, 9.17) is 16.3 Å². The number of fused-ring (bicyclic) bond motifs is 2. The third-order valence-electron chi connectivity index (χ3n) is 5.09. The van der Waals surface area contributed by atoms with E-state index in [0.29, 0.717) is 36.3 Å². The Hall–Kier alpha value is -3.53. The van der Waals surface area contributed by atoms with Crippen molar-refractivity contribution in [2.75, 3.05) is 11.9 Å². The number of esters is 1. The highest BCUT2D eigenvalue weighted by Crippen LogP contribution is 2.37. The van der Waals surface area contributed by atoms with Crippen LogP contribution in [0.5, 0.6) is 0 Å². The van der Waals surface area contributed by atoms with Crippen LogP contribution in [0.15, 0.2) is 64.9 Å². The summed E-state index contributed by atoms with van der Waals surface area (Å²) in [6.07, 6.45) is 1.64. The molecule has 0 radical (unpaired) electrons. The maximum atomic E-state index is 13.1. The summed E-state index contributed by atoms with van der Waals surface area (Å²) < 4.78 is 6.68. The van der Waals surface area contributed by atoms with Crippen molar-refractivity contribution in [3.63, 3.8) is 0 Å². The molecule has 5 rings (SSSR count). The van der Waals surface area contributed by atoms with Gasteiger partial charge in [0.05, 0.1) is 16.9 Å². The monoisotopic (exact) mass is 509 g/mol. The number of carbonyl (C=O) groups is 2. The van der Waals surface area contributed by atoms with E-state index in [2.05, 4.69) is 10.3 Å². The molecular formula is C24H16ClN3O4S2. The minimum absolute atomic E-state index is 0.196. The van der Waals surface area contributed by atoms with Gasteiger partial charge in [0.2, 0.25) is 0 Å². The van der Waals surface area contributed by atoms with Crippen LogP contribution >= 0.6 is 34.3 Å². The maximum absolute atomic E-state index is 13.1. The fourth-order valence-electron chi connectivity index (χ4n) is 3.52. The number of thiophene rings is 2. The first-order valence-corrected chi connectivity index (χ1v) is 12.3. The summed E-state index contributed by atoms with van der Waals surface area (Å²) in [5.41, 5.74) is 1.94. The number of ether oxygens (including phenoxy) is 1. The number of nitrogens with one attached hydrogen (secondary N) is 1. The lowest BCUT2D eigenvalue weighted by atomic mass is 10.0. The molecule has 0 aliphatic rings. The summed E-state index contributed by atoms with van der Waals surface area (Å²) in [5, 5.41) is 5.90. The number of rotatable bonds is 5. The highest BCUT2D eigenvalue weighted by atomic mass is 35.5. The van der Waals surface area contributed by atoms with Crippen LogP contribution in [0.25, 0.3) is 27.0 Å². The van der Waals surface area contributed by atoms with E-state index in [0.717, 1.165) is 16.9 Å². The predicted molar refractivity (Wildman–Crippen MR) is 136 cm³/mol. The Morgan fingerprint density at radius 2 is 1.97 bits per heavy atom. The largest absolute Gasteiger partial charge is 0.462 e. The Morgan fingerprint density at radius 1 is 1.18 bits per heavy atom. The van der Waals surface area contributed by atoms with E-state index >= 15 is 0 Å². The molecule has 0 aliphatic heterocycles. The second-order valence-corrected chi connectivity index (χ2v) is 9.56. The van der Waals surface area contributed by atoms with Crippen molar-refractivity contribution >= 4 is 67.0 Å². The van der Waals surface area contributed by atoms with Gasteiger partial charge in [-0.25, -0.2) is 9.78 Å². The Bertz CT molecular complexity index is 1620. The van der Waals surface area contributed by atoms with E-state index in [-0.39, 0.29) is 17.7 Å². The highest BCUT2D eigenvalue weighted by Gasteiger charge is 2.24. The zero-order valence-corrected chi connectivity index (χ0v) is 20.1. The van der Waals surface area contributed by atoms with E-state index in [1.807, 2.05) is 0 Å². The van der Waals surface area contributed by atoms with Crippen molar-refractivity contribution in [3.05, 3.63) is 85.9 Å². The van der Waals surface area contributed by atoms with Gasteiger partial charge >= 0.3 is 5.97 Å². The molecule has 5 aromatic rings. The van der Waals surface area contributed by atoms with Crippen molar-refractivity contribution in [1.29, 1.82) is 0 Å². The van der Waals surface area contributed by atoms with Crippen LogP contribution in [0.1, 0.15) is 27.0 Å². The van der Waals surface area contributed by atoms with Crippen LogP contribution in [-0.4, -0.2) is 27.9 Å². The normalized spacial score (nSPS) is 11.1. The molecule has 0 aliphatic carbocycles. The fourth-order valence-corrected chi connectivity index (χ4v) is 5.53. The topological polar surface area (TPSA) is 89.8 Å². The Morgan fingerprint density at radius 3 is 2.74 bits per heavy atom. The number of anilines is 1. The standard InChI is InChI=1S/C24H16ClN3O4S2/c1-2-32-24(31)19-16(13-6-8-14(25)9-7-13)12-33-22(19)27-20(29)17-11-15-21(34-17)26-18-5-3-4-10-28(18)23(15)30/h3-12H,2H2,1H3,(H,27,29). The summed E-state index contributed by atoms with van der Waals surface area (Å²) in [4.78, 5) is 44.0. The SMILES string of the molecule is CCOC(=O)c1c(-c2ccc(Cl)cc2)csc1NC(=O)c1cc2c(=O)n3ccccc3nc2s1. The first kappa shape index (κ1) is 22.3. The molecule has 0 spiro atoms. The van der Waals surface area contributed by atoms with Crippen molar-refractivity contribution < 1.29 is 14.3 Å². The van der Waals surface area contributed by atoms with Crippen LogP contribution < -0.4 is 10.9 Å². The average Bonchev–Trinajstić information content (AvgIpc) is 3.45. The van der Waals surface area contributed by atoms with Gasteiger partial charge in [-0.15, -0.1) is 22.7 Å². The minimum atomic E-state index is -0.536. The molecule has 1 aromatic carbocycles. The number of hydrogen-bond donors (Lipinski definition) is 1. The Labute approximate surface area is 206 Å². The van der Waals surface area contributed by atoms with Gasteiger partial charge in [-0.05, 0) is 42.8 Å². The second kappa shape index (κ2) is 9.02. The molecule has 10 heteroatoms. The average molecular weight is 510 g/mol. The minimum Gasteiger partial charge on any atom is -0.462 e. The molecular weight excluding hydrogens is 494 g/mol. The van der Waals surface area contributed by atoms with Gasteiger partial charge in [-0.2, -0.15) is 0 Å². The number of hydrogen-bond acceptors (Lipinski definition) is 7. The molecule has 0 fully saturated rings. The molecule has 0 saturated carbocycles. The summed E-state index contributed by atoms with van der Waals surface area (Å²) in [7, 11) is 0. The summed E-state index contributed by atoms with van der Waals surface area (Å²) in [6.45, 7) is 1.92.